The summed E-state index contributed by atoms with van der Waals surface area (Å²) in [4.78, 5) is 27.7. The van der Waals surface area contributed by atoms with E-state index in [0.717, 1.165) is 28.2 Å². The van der Waals surface area contributed by atoms with Crippen LogP contribution in [0.1, 0.15) is 18.2 Å². The molecule has 1 N–H and O–H groups in total. The number of benzene rings is 1. The monoisotopic (exact) mass is 294 g/mol. The maximum Gasteiger partial charge on any atom is 0.294 e. The summed E-state index contributed by atoms with van der Waals surface area (Å²) in [5, 5.41) is 2.79. The molecule has 2 heterocycles. The van der Waals surface area contributed by atoms with Crippen molar-refractivity contribution >= 4 is 17.2 Å². The normalized spacial score (nSPS) is 12.3. The van der Waals surface area contributed by atoms with E-state index in [1.807, 2.05) is 28.8 Å². The Hall–Kier alpha value is -2.89. The highest BCUT2D eigenvalue weighted by molar-refractivity contribution is 5.89. The minimum Gasteiger partial charge on any atom is -0.326 e. The molecule has 0 fully saturated rings. The zero-order valence-corrected chi connectivity index (χ0v) is 12.3. The number of nitrogens with zero attached hydrogens (tertiary/aromatic N) is 3. The number of carbonyl (C=O) groups excluding carboxylic acids is 1. The Bertz CT molecular complexity index is 997. The lowest BCUT2D eigenvalue weighted by molar-refractivity contribution is -0.114. The Labute approximate surface area is 126 Å². The molecule has 6 nitrogen and oxygen atoms in total. The smallest absolute Gasteiger partial charge is 0.294 e. The van der Waals surface area contributed by atoms with Crippen LogP contribution < -0.4 is 10.9 Å². The molecule has 6 heteroatoms. The van der Waals surface area contributed by atoms with Crippen molar-refractivity contribution in [1.29, 1.82) is 0 Å². The van der Waals surface area contributed by atoms with E-state index in [-0.39, 0.29) is 11.5 Å². The molecule has 0 aliphatic heterocycles. The molecule has 1 amide bonds. The Balaban J connectivity index is 1.97. The summed E-state index contributed by atoms with van der Waals surface area (Å²) >= 11 is 0. The van der Waals surface area contributed by atoms with Gasteiger partial charge in [0.25, 0.3) is 5.56 Å². The summed E-state index contributed by atoms with van der Waals surface area (Å²) in [6.07, 6.45) is 4.16. The van der Waals surface area contributed by atoms with Gasteiger partial charge in [0, 0.05) is 44.0 Å². The summed E-state index contributed by atoms with van der Waals surface area (Å²) in [5.41, 5.74) is 5.19. The van der Waals surface area contributed by atoms with Crippen molar-refractivity contribution in [2.75, 3.05) is 5.32 Å². The lowest BCUT2D eigenvalue weighted by atomic mass is 10.1. The Morgan fingerprint density at radius 1 is 1.36 bits per heavy atom. The number of rotatable bonds is 1. The van der Waals surface area contributed by atoms with E-state index in [4.69, 9.17) is 0 Å². The lowest BCUT2D eigenvalue weighted by Gasteiger charge is -2.10. The molecule has 3 aromatic rings. The van der Waals surface area contributed by atoms with E-state index in [0.29, 0.717) is 12.1 Å². The second-order valence-electron chi connectivity index (χ2n) is 5.51. The molecule has 4 rings (SSSR count). The molecule has 1 aliphatic rings. The Kier molecular flexibility index (Phi) is 2.51. The first kappa shape index (κ1) is 12.8. The van der Waals surface area contributed by atoms with Crippen molar-refractivity contribution in [3.63, 3.8) is 0 Å². The van der Waals surface area contributed by atoms with Gasteiger partial charge in [-0.1, -0.05) is 6.07 Å². The molecular formula is C16H14N4O2. The van der Waals surface area contributed by atoms with Gasteiger partial charge in [-0.3, -0.25) is 14.0 Å². The minimum atomic E-state index is -0.109. The van der Waals surface area contributed by atoms with Crippen LogP contribution >= 0.6 is 0 Å². The molecule has 1 aliphatic carbocycles. The fourth-order valence-electron chi connectivity index (χ4n) is 3.18. The average Bonchev–Trinajstić information content (AvgIpc) is 3.07. The summed E-state index contributed by atoms with van der Waals surface area (Å²) in [5.74, 6) is -0.0974. The summed E-state index contributed by atoms with van der Waals surface area (Å²) in [6.45, 7) is 1.49. The third-order valence-electron chi connectivity index (χ3n) is 4.07. The number of anilines is 1. The first-order chi connectivity index (χ1) is 10.6. The van der Waals surface area contributed by atoms with Gasteiger partial charge in [-0.05, 0) is 17.7 Å². The van der Waals surface area contributed by atoms with Gasteiger partial charge in [-0.15, -0.1) is 0 Å². The van der Waals surface area contributed by atoms with Crippen molar-refractivity contribution in [3.05, 3.63) is 52.2 Å². The molecule has 2 aromatic heterocycles. The molecule has 0 radical (unpaired) electrons. The number of aromatic nitrogens is 3. The first-order valence-electron chi connectivity index (χ1n) is 7.02. The zero-order chi connectivity index (χ0) is 15.4. The fourth-order valence-corrected chi connectivity index (χ4v) is 3.18. The quantitative estimate of drug-likeness (QED) is 0.579. The van der Waals surface area contributed by atoms with Crippen molar-refractivity contribution in [3.8, 4) is 11.3 Å². The Morgan fingerprint density at radius 3 is 2.95 bits per heavy atom. The third-order valence-corrected chi connectivity index (χ3v) is 4.07. The molecule has 0 atom stereocenters. The Morgan fingerprint density at radius 2 is 2.18 bits per heavy atom. The van der Waals surface area contributed by atoms with Crippen LogP contribution in [-0.2, 0) is 18.3 Å². The second kappa shape index (κ2) is 4.30. The maximum atomic E-state index is 12.4. The van der Waals surface area contributed by atoms with Gasteiger partial charge in [0.1, 0.15) is 0 Å². The predicted octanol–water partition coefficient (Wildman–Crippen LogP) is 1.56. The molecule has 22 heavy (non-hydrogen) atoms. The van der Waals surface area contributed by atoms with Crippen LogP contribution in [0.15, 0.2) is 35.4 Å². The highest BCUT2D eigenvalue weighted by Crippen LogP contribution is 2.36. The number of hydrogen-bond donors (Lipinski definition) is 1. The maximum absolute atomic E-state index is 12.4. The molecule has 0 unspecified atom stereocenters. The number of nitrogens with one attached hydrogen (secondary N) is 1. The molecule has 110 valence electrons. The molecule has 0 spiro atoms. The minimum absolute atomic E-state index is 0.0974. The van der Waals surface area contributed by atoms with Crippen LogP contribution in [0.5, 0.6) is 0 Å². The number of carbonyl (C=O) groups is 1. The van der Waals surface area contributed by atoms with Gasteiger partial charge < -0.3 is 9.88 Å². The molecule has 0 bridgehead atoms. The van der Waals surface area contributed by atoms with Gasteiger partial charge in [-0.2, -0.15) is 0 Å². The largest absolute Gasteiger partial charge is 0.326 e. The van der Waals surface area contributed by atoms with Crippen molar-refractivity contribution in [1.82, 2.24) is 14.0 Å². The topological polar surface area (TPSA) is 68.4 Å². The summed E-state index contributed by atoms with van der Waals surface area (Å²) < 4.78 is 3.51. The van der Waals surface area contributed by atoms with Gasteiger partial charge >= 0.3 is 0 Å². The van der Waals surface area contributed by atoms with E-state index in [9.17, 15) is 9.59 Å². The average molecular weight is 294 g/mol. The highest BCUT2D eigenvalue weighted by atomic mass is 16.1. The van der Waals surface area contributed by atoms with Gasteiger partial charge in [0.05, 0.1) is 11.4 Å². The number of amides is 1. The van der Waals surface area contributed by atoms with Gasteiger partial charge in [0.2, 0.25) is 11.6 Å². The standard InChI is InChI=1S/C16H14N4O2/c1-9(21)18-11-3-4-12-10(7-11)8-13-14(12)19(2)16(22)15-17-5-6-20(13)15/h3-7H,8H2,1-2H3,(H,18,21). The molecular weight excluding hydrogens is 280 g/mol. The highest BCUT2D eigenvalue weighted by Gasteiger charge is 2.25. The zero-order valence-electron chi connectivity index (χ0n) is 12.3. The van der Waals surface area contributed by atoms with E-state index < -0.39 is 0 Å². The van der Waals surface area contributed by atoms with Crippen molar-refractivity contribution in [2.45, 2.75) is 13.3 Å². The van der Waals surface area contributed by atoms with Gasteiger partial charge in [-0.25, -0.2) is 4.98 Å². The van der Waals surface area contributed by atoms with Crippen LogP contribution in [0.4, 0.5) is 5.69 Å². The van der Waals surface area contributed by atoms with E-state index in [1.165, 1.54) is 6.92 Å². The van der Waals surface area contributed by atoms with Gasteiger partial charge in [0.15, 0.2) is 0 Å². The first-order valence-corrected chi connectivity index (χ1v) is 7.02. The predicted molar refractivity (Wildman–Crippen MR) is 83.0 cm³/mol. The number of fused-ring (bicyclic) bond motifs is 5. The van der Waals surface area contributed by atoms with E-state index in [1.54, 1.807) is 17.8 Å². The van der Waals surface area contributed by atoms with Crippen LogP contribution in [0.2, 0.25) is 0 Å². The van der Waals surface area contributed by atoms with Crippen LogP contribution in [0.3, 0.4) is 0 Å². The number of hydrogen-bond acceptors (Lipinski definition) is 3. The second-order valence-corrected chi connectivity index (χ2v) is 5.51. The molecule has 1 aromatic carbocycles. The van der Waals surface area contributed by atoms with E-state index >= 15 is 0 Å². The summed E-state index contributed by atoms with van der Waals surface area (Å²) in [7, 11) is 1.77. The van der Waals surface area contributed by atoms with Crippen LogP contribution in [0.25, 0.3) is 16.9 Å². The van der Waals surface area contributed by atoms with Crippen LogP contribution in [0, 0.1) is 0 Å². The lowest BCUT2D eigenvalue weighted by Crippen LogP contribution is -2.22. The fraction of sp³-hybridized carbons (Fsp3) is 0.188. The summed E-state index contributed by atoms with van der Waals surface area (Å²) in [6, 6.07) is 5.77. The van der Waals surface area contributed by atoms with Crippen molar-refractivity contribution in [2.24, 2.45) is 7.05 Å². The molecule has 0 saturated heterocycles. The van der Waals surface area contributed by atoms with Crippen LogP contribution in [-0.4, -0.2) is 19.9 Å². The number of imidazole rings is 1. The SMILES string of the molecule is CC(=O)Nc1ccc2c(c1)Cc1c-2n(C)c(=O)c2nccn12. The molecule has 0 saturated carbocycles. The van der Waals surface area contributed by atoms with E-state index in [2.05, 4.69) is 10.3 Å². The van der Waals surface area contributed by atoms with Crippen molar-refractivity contribution < 1.29 is 4.79 Å². The third kappa shape index (κ3) is 1.64.